The molecule has 4 heteroatoms. The first-order valence-corrected chi connectivity index (χ1v) is 8.21. The SMILES string of the molecule is COC(=O)[C@H]1CCCN(C(=O)c2ccc(-c3ccccc3)cc2)C1. The number of amides is 1. The van der Waals surface area contributed by atoms with E-state index in [-0.39, 0.29) is 17.8 Å². The molecule has 0 aromatic heterocycles. The van der Waals surface area contributed by atoms with Gasteiger partial charge >= 0.3 is 5.97 Å². The Kier molecular flexibility index (Phi) is 4.94. The number of benzene rings is 2. The fraction of sp³-hybridized carbons (Fsp3) is 0.300. The van der Waals surface area contributed by atoms with Crippen molar-refractivity contribution in [2.45, 2.75) is 12.8 Å². The lowest BCUT2D eigenvalue weighted by molar-refractivity contribution is -0.146. The summed E-state index contributed by atoms with van der Waals surface area (Å²) in [5, 5.41) is 0. The second-order valence-corrected chi connectivity index (χ2v) is 6.06. The zero-order chi connectivity index (χ0) is 16.9. The van der Waals surface area contributed by atoms with Gasteiger partial charge in [-0.15, -0.1) is 0 Å². The first kappa shape index (κ1) is 16.2. The fourth-order valence-corrected chi connectivity index (χ4v) is 3.14. The predicted molar refractivity (Wildman–Crippen MR) is 92.5 cm³/mol. The number of ether oxygens (including phenoxy) is 1. The van der Waals surface area contributed by atoms with Gasteiger partial charge in [-0.05, 0) is 36.1 Å². The van der Waals surface area contributed by atoms with E-state index in [1.165, 1.54) is 7.11 Å². The highest BCUT2D eigenvalue weighted by atomic mass is 16.5. The van der Waals surface area contributed by atoms with Crippen LogP contribution in [-0.2, 0) is 9.53 Å². The Hall–Kier alpha value is -2.62. The molecule has 1 aliphatic rings. The molecule has 3 rings (SSSR count). The van der Waals surface area contributed by atoms with Gasteiger partial charge in [0, 0.05) is 18.7 Å². The average Bonchev–Trinajstić information content (AvgIpc) is 2.67. The maximum absolute atomic E-state index is 12.7. The molecule has 0 aliphatic carbocycles. The Morgan fingerprint density at radius 1 is 1.00 bits per heavy atom. The minimum Gasteiger partial charge on any atom is -0.469 e. The van der Waals surface area contributed by atoms with Gasteiger partial charge in [-0.1, -0.05) is 42.5 Å². The molecular weight excluding hydrogens is 302 g/mol. The van der Waals surface area contributed by atoms with Gasteiger partial charge in [0.15, 0.2) is 0 Å². The highest BCUT2D eigenvalue weighted by Gasteiger charge is 2.29. The van der Waals surface area contributed by atoms with Gasteiger partial charge in [-0.3, -0.25) is 9.59 Å². The molecule has 0 saturated carbocycles. The standard InChI is InChI=1S/C20H21NO3/c1-24-20(23)18-8-5-13-21(14-18)19(22)17-11-9-16(10-12-17)15-6-3-2-4-7-15/h2-4,6-7,9-12,18H,5,8,13-14H2,1H3/t18-/m0/s1. The van der Waals surface area contributed by atoms with E-state index in [4.69, 9.17) is 4.74 Å². The Balaban J connectivity index is 1.72. The average molecular weight is 323 g/mol. The van der Waals surface area contributed by atoms with Crippen LogP contribution in [0.25, 0.3) is 11.1 Å². The second-order valence-electron chi connectivity index (χ2n) is 6.06. The summed E-state index contributed by atoms with van der Waals surface area (Å²) >= 11 is 0. The van der Waals surface area contributed by atoms with Crippen LogP contribution >= 0.6 is 0 Å². The Morgan fingerprint density at radius 2 is 1.67 bits per heavy atom. The molecule has 1 saturated heterocycles. The molecule has 4 nitrogen and oxygen atoms in total. The number of carbonyl (C=O) groups excluding carboxylic acids is 2. The van der Waals surface area contributed by atoms with Crippen molar-refractivity contribution in [3.63, 3.8) is 0 Å². The van der Waals surface area contributed by atoms with Crippen LogP contribution in [0.5, 0.6) is 0 Å². The van der Waals surface area contributed by atoms with E-state index in [1.54, 1.807) is 4.90 Å². The van der Waals surface area contributed by atoms with Gasteiger partial charge in [-0.2, -0.15) is 0 Å². The molecule has 0 bridgehead atoms. The fourth-order valence-electron chi connectivity index (χ4n) is 3.14. The summed E-state index contributed by atoms with van der Waals surface area (Å²) in [4.78, 5) is 26.1. The summed E-state index contributed by atoms with van der Waals surface area (Å²) in [6.07, 6.45) is 1.61. The van der Waals surface area contributed by atoms with Crippen molar-refractivity contribution < 1.29 is 14.3 Å². The van der Waals surface area contributed by atoms with E-state index in [9.17, 15) is 9.59 Å². The Bertz CT molecular complexity index is 709. The lowest BCUT2D eigenvalue weighted by atomic mass is 9.97. The number of piperidine rings is 1. The number of hydrogen-bond donors (Lipinski definition) is 0. The molecule has 0 N–H and O–H groups in total. The molecule has 0 radical (unpaired) electrons. The number of likely N-dealkylation sites (tertiary alicyclic amines) is 1. The predicted octanol–water partition coefficient (Wildman–Crippen LogP) is 3.38. The molecule has 2 aromatic rings. The first-order valence-electron chi connectivity index (χ1n) is 8.21. The molecule has 1 amide bonds. The van der Waals surface area contributed by atoms with Crippen LogP contribution < -0.4 is 0 Å². The molecule has 0 spiro atoms. The van der Waals surface area contributed by atoms with Crippen LogP contribution in [-0.4, -0.2) is 37.0 Å². The smallest absolute Gasteiger partial charge is 0.310 e. The summed E-state index contributed by atoms with van der Waals surface area (Å²) in [6.45, 7) is 1.12. The first-order chi connectivity index (χ1) is 11.7. The number of hydrogen-bond acceptors (Lipinski definition) is 3. The third-order valence-electron chi connectivity index (χ3n) is 4.48. The summed E-state index contributed by atoms with van der Waals surface area (Å²) in [6, 6.07) is 17.7. The molecule has 1 heterocycles. The van der Waals surface area contributed by atoms with Crippen molar-refractivity contribution in [3.8, 4) is 11.1 Å². The van der Waals surface area contributed by atoms with Crippen molar-refractivity contribution in [1.82, 2.24) is 4.90 Å². The van der Waals surface area contributed by atoms with E-state index >= 15 is 0 Å². The highest BCUT2D eigenvalue weighted by molar-refractivity contribution is 5.95. The van der Waals surface area contributed by atoms with E-state index < -0.39 is 0 Å². The van der Waals surface area contributed by atoms with Crippen molar-refractivity contribution in [2.75, 3.05) is 20.2 Å². The van der Waals surface area contributed by atoms with E-state index in [2.05, 4.69) is 0 Å². The normalized spacial score (nSPS) is 17.4. The Morgan fingerprint density at radius 3 is 2.33 bits per heavy atom. The number of nitrogens with zero attached hydrogens (tertiary/aromatic N) is 1. The van der Waals surface area contributed by atoms with Crippen LogP contribution in [0.4, 0.5) is 0 Å². The van der Waals surface area contributed by atoms with Crippen molar-refractivity contribution >= 4 is 11.9 Å². The van der Waals surface area contributed by atoms with Crippen LogP contribution in [0, 0.1) is 5.92 Å². The molecule has 24 heavy (non-hydrogen) atoms. The third kappa shape index (κ3) is 3.48. The molecule has 1 fully saturated rings. The molecule has 1 atom stereocenters. The van der Waals surface area contributed by atoms with Gasteiger partial charge in [0.2, 0.25) is 0 Å². The molecule has 0 unspecified atom stereocenters. The van der Waals surface area contributed by atoms with E-state index in [1.807, 2.05) is 54.6 Å². The maximum atomic E-state index is 12.7. The minimum absolute atomic E-state index is 0.0248. The number of rotatable bonds is 3. The van der Waals surface area contributed by atoms with Gasteiger partial charge in [0.05, 0.1) is 13.0 Å². The quantitative estimate of drug-likeness (QED) is 0.814. The van der Waals surface area contributed by atoms with Gasteiger partial charge in [0.25, 0.3) is 5.91 Å². The van der Waals surface area contributed by atoms with Crippen molar-refractivity contribution in [1.29, 1.82) is 0 Å². The van der Waals surface area contributed by atoms with Crippen LogP contribution in [0.2, 0.25) is 0 Å². The van der Waals surface area contributed by atoms with Crippen LogP contribution in [0.15, 0.2) is 54.6 Å². The monoisotopic (exact) mass is 323 g/mol. The van der Waals surface area contributed by atoms with Gasteiger partial charge in [0.1, 0.15) is 0 Å². The molecule has 1 aliphatic heterocycles. The summed E-state index contributed by atoms with van der Waals surface area (Å²) < 4.78 is 4.81. The van der Waals surface area contributed by atoms with Crippen LogP contribution in [0.3, 0.4) is 0 Å². The topological polar surface area (TPSA) is 46.6 Å². The Labute approximate surface area is 142 Å². The highest BCUT2D eigenvalue weighted by Crippen LogP contribution is 2.22. The van der Waals surface area contributed by atoms with E-state index in [0.29, 0.717) is 18.7 Å². The molecule has 2 aromatic carbocycles. The van der Waals surface area contributed by atoms with Gasteiger partial charge < -0.3 is 9.64 Å². The zero-order valence-corrected chi connectivity index (χ0v) is 13.8. The second kappa shape index (κ2) is 7.30. The summed E-state index contributed by atoms with van der Waals surface area (Å²) in [5.74, 6) is -0.466. The summed E-state index contributed by atoms with van der Waals surface area (Å²) in [5.41, 5.74) is 2.86. The van der Waals surface area contributed by atoms with Crippen molar-refractivity contribution in [2.24, 2.45) is 5.92 Å². The number of carbonyl (C=O) groups is 2. The summed E-state index contributed by atoms with van der Waals surface area (Å²) in [7, 11) is 1.39. The van der Waals surface area contributed by atoms with E-state index in [0.717, 1.165) is 24.0 Å². The minimum atomic E-state index is -0.230. The zero-order valence-electron chi connectivity index (χ0n) is 13.8. The van der Waals surface area contributed by atoms with Gasteiger partial charge in [-0.25, -0.2) is 0 Å². The largest absolute Gasteiger partial charge is 0.469 e. The lowest BCUT2D eigenvalue weighted by Crippen LogP contribution is -2.42. The van der Waals surface area contributed by atoms with Crippen molar-refractivity contribution in [3.05, 3.63) is 60.2 Å². The number of esters is 1. The third-order valence-corrected chi connectivity index (χ3v) is 4.48. The maximum Gasteiger partial charge on any atom is 0.310 e. The lowest BCUT2D eigenvalue weighted by Gasteiger charge is -2.31. The number of methoxy groups -OCH3 is 1. The molecular formula is C20H21NO3. The van der Waals surface area contributed by atoms with Crippen LogP contribution in [0.1, 0.15) is 23.2 Å². The molecule has 124 valence electrons.